The van der Waals surface area contributed by atoms with E-state index in [1.165, 1.54) is 19.3 Å². The number of amides is 1. The van der Waals surface area contributed by atoms with Gasteiger partial charge in [0, 0.05) is 31.8 Å². The maximum Gasteiger partial charge on any atom is 0.290 e. The van der Waals surface area contributed by atoms with Crippen molar-refractivity contribution in [3.05, 3.63) is 22.9 Å². The van der Waals surface area contributed by atoms with Crippen LogP contribution < -0.4 is 0 Å². The van der Waals surface area contributed by atoms with Gasteiger partial charge in [-0.25, -0.2) is 4.99 Å². The van der Waals surface area contributed by atoms with Gasteiger partial charge in [0.1, 0.15) is 17.8 Å². The quantitative estimate of drug-likeness (QED) is 0.769. The van der Waals surface area contributed by atoms with Gasteiger partial charge in [-0.15, -0.1) is 0 Å². The van der Waals surface area contributed by atoms with Crippen molar-refractivity contribution in [2.24, 2.45) is 15.4 Å². The number of rotatable bonds is 2. The number of allylic oxidation sites excluding steroid dienone is 1. The van der Waals surface area contributed by atoms with Crippen molar-refractivity contribution in [1.82, 2.24) is 9.80 Å². The van der Waals surface area contributed by atoms with Gasteiger partial charge in [0.25, 0.3) is 5.91 Å². The fraction of sp³-hybridized carbons (Fsp3) is 0.579. The minimum Gasteiger partial charge on any atom is -0.370 e. The minimum atomic E-state index is -0.426. The summed E-state index contributed by atoms with van der Waals surface area (Å²) in [6.07, 6.45) is 10.0. The number of nitriles is 1. The zero-order chi connectivity index (χ0) is 17.0. The summed E-state index contributed by atoms with van der Waals surface area (Å²) in [6.45, 7) is 3.94. The second-order valence-corrected chi connectivity index (χ2v) is 7.79. The van der Waals surface area contributed by atoms with Gasteiger partial charge in [0.15, 0.2) is 0 Å². The smallest absolute Gasteiger partial charge is 0.290 e. The molecule has 1 aliphatic carbocycles. The van der Waals surface area contributed by atoms with Crippen LogP contribution in [0.1, 0.15) is 32.1 Å². The Morgan fingerprint density at radius 1 is 1.16 bits per heavy atom. The van der Waals surface area contributed by atoms with E-state index in [0.29, 0.717) is 11.1 Å². The van der Waals surface area contributed by atoms with E-state index >= 15 is 0 Å². The molecule has 4 aliphatic heterocycles. The lowest BCUT2D eigenvalue weighted by Crippen LogP contribution is -2.46. The molecule has 3 fully saturated rings. The highest BCUT2D eigenvalue weighted by atomic mass is 16.1. The molecule has 4 heterocycles. The largest absolute Gasteiger partial charge is 0.370 e. The van der Waals surface area contributed by atoms with E-state index in [9.17, 15) is 10.1 Å². The lowest BCUT2D eigenvalue weighted by Gasteiger charge is -2.40. The van der Waals surface area contributed by atoms with E-state index in [1.807, 2.05) is 0 Å². The first-order valence-corrected chi connectivity index (χ1v) is 9.21. The fourth-order valence-corrected chi connectivity index (χ4v) is 4.30. The van der Waals surface area contributed by atoms with Crippen LogP contribution in [0.25, 0.3) is 0 Å². The standard InChI is InChI=1S/C19H21N5O/c20-11-14-17(24-8-4-19(2-3-19)5-9-24)13-10-16(23-6-1-7-23)21-12-15(13)22-18(14)25/h10,12,16H,1-9H2. The van der Waals surface area contributed by atoms with Crippen LogP contribution in [0, 0.1) is 16.7 Å². The van der Waals surface area contributed by atoms with Crippen molar-refractivity contribution >= 4 is 17.8 Å². The Kier molecular flexibility index (Phi) is 3.23. The van der Waals surface area contributed by atoms with Crippen LogP contribution in [0.4, 0.5) is 0 Å². The normalized spacial score (nSPS) is 30.4. The zero-order valence-electron chi connectivity index (χ0n) is 14.2. The number of piperidine rings is 1. The second kappa shape index (κ2) is 5.37. The monoisotopic (exact) mass is 335 g/mol. The first kappa shape index (κ1) is 15.0. The maximum absolute atomic E-state index is 12.4. The predicted molar refractivity (Wildman–Crippen MR) is 94.1 cm³/mol. The van der Waals surface area contributed by atoms with E-state index in [4.69, 9.17) is 0 Å². The number of aliphatic imine (C=N–C) groups is 2. The molecule has 6 nitrogen and oxygen atoms in total. The first-order chi connectivity index (χ1) is 12.2. The molecule has 0 aromatic rings. The summed E-state index contributed by atoms with van der Waals surface area (Å²) in [5.74, 6) is -0.426. The second-order valence-electron chi connectivity index (χ2n) is 7.79. The number of fused-ring (bicyclic) bond motifs is 1. The predicted octanol–water partition coefficient (Wildman–Crippen LogP) is 1.66. The lowest BCUT2D eigenvalue weighted by molar-refractivity contribution is -0.114. The lowest BCUT2D eigenvalue weighted by atomic mass is 9.89. The van der Waals surface area contributed by atoms with Gasteiger partial charge < -0.3 is 4.90 Å². The molecule has 1 saturated carbocycles. The van der Waals surface area contributed by atoms with Crippen LogP contribution >= 0.6 is 0 Å². The Hall–Kier alpha value is -2.26. The molecule has 25 heavy (non-hydrogen) atoms. The maximum atomic E-state index is 12.4. The molecule has 0 bridgehead atoms. The average Bonchev–Trinajstić information content (AvgIpc) is 3.32. The SMILES string of the molecule is N#CC1=C(N2CCC3(CC2)CC3)C2=CC(N3CCC3)N=CC2=NC1=O. The molecule has 5 aliphatic rings. The van der Waals surface area contributed by atoms with Gasteiger partial charge in [-0.3, -0.25) is 14.7 Å². The number of nitrogens with zero attached hydrogens (tertiary/aromatic N) is 5. The Bertz CT molecular complexity index is 794. The Labute approximate surface area is 147 Å². The molecule has 1 unspecified atom stereocenters. The van der Waals surface area contributed by atoms with Crippen molar-refractivity contribution in [1.29, 1.82) is 5.26 Å². The van der Waals surface area contributed by atoms with Gasteiger partial charge in [-0.05, 0) is 43.6 Å². The molecule has 128 valence electrons. The summed E-state index contributed by atoms with van der Waals surface area (Å²) in [7, 11) is 0. The zero-order valence-corrected chi connectivity index (χ0v) is 14.2. The number of hydrogen-bond acceptors (Lipinski definition) is 5. The molecular weight excluding hydrogens is 314 g/mol. The third-order valence-corrected chi connectivity index (χ3v) is 6.34. The van der Waals surface area contributed by atoms with Crippen LogP contribution in [0.2, 0.25) is 0 Å². The van der Waals surface area contributed by atoms with Crippen molar-refractivity contribution in [2.75, 3.05) is 26.2 Å². The van der Waals surface area contributed by atoms with Crippen molar-refractivity contribution in [3.63, 3.8) is 0 Å². The molecule has 0 N–H and O–H groups in total. The third kappa shape index (κ3) is 2.37. The van der Waals surface area contributed by atoms with Crippen LogP contribution in [-0.4, -0.2) is 60.0 Å². The summed E-state index contributed by atoms with van der Waals surface area (Å²) in [5, 5.41) is 9.60. The number of likely N-dealkylation sites (tertiary alicyclic amines) is 2. The molecule has 5 rings (SSSR count). The molecule has 0 aromatic heterocycles. The van der Waals surface area contributed by atoms with Crippen LogP contribution in [-0.2, 0) is 4.79 Å². The van der Waals surface area contributed by atoms with Gasteiger partial charge >= 0.3 is 0 Å². The molecule has 0 radical (unpaired) electrons. The summed E-state index contributed by atoms with van der Waals surface area (Å²) >= 11 is 0. The van der Waals surface area contributed by atoms with Gasteiger partial charge in [0.05, 0.1) is 17.6 Å². The van der Waals surface area contributed by atoms with Gasteiger partial charge in [0.2, 0.25) is 0 Å². The highest BCUT2D eigenvalue weighted by molar-refractivity contribution is 6.43. The van der Waals surface area contributed by atoms with E-state index in [-0.39, 0.29) is 11.7 Å². The third-order valence-electron chi connectivity index (χ3n) is 6.34. The Morgan fingerprint density at radius 2 is 1.92 bits per heavy atom. The van der Waals surface area contributed by atoms with Crippen molar-refractivity contribution < 1.29 is 4.79 Å². The minimum absolute atomic E-state index is 0.00501. The number of carbonyl (C=O) groups excluding carboxylic acids is 1. The molecule has 6 heteroatoms. The Balaban J connectivity index is 1.51. The summed E-state index contributed by atoms with van der Waals surface area (Å²) in [4.78, 5) is 25.6. The van der Waals surface area contributed by atoms with Crippen LogP contribution in [0.5, 0.6) is 0 Å². The van der Waals surface area contributed by atoms with Gasteiger partial charge in [-0.2, -0.15) is 5.26 Å². The number of carbonyl (C=O) groups is 1. The molecule has 2 saturated heterocycles. The highest BCUT2D eigenvalue weighted by Gasteiger charge is 2.46. The van der Waals surface area contributed by atoms with Crippen LogP contribution in [0.15, 0.2) is 32.9 Å². The van der Waals surface area contributed by atoms with E-state index in [2.05, 4.69) is 31.9 Å². The van der Waals surface area contributed by atoms with Crippen molar-refractivity contribution in [2.45, 2.75) is 38.3 Å². The highest BCUT2D eigenvalue weighted by Crippen LogP contribution is 2.54. The summed E-state index contributed by atoms with van der Waals surface area (Å²) in [5.41, 5.74) is 3.09. The van der Waals surface area contributed by atoms with Gasteiger partial charge in [-0.1, -0.05) is 0 Å². The number of dihydropyridines is 2. The first-order valence-electron chi connectivity index (χ1n) is 9.21. The molecule has 1 amide bonds. The topological polar surface area (TPSA) is 72.1 Å². The van der Waals surface area contributed by atoms with Crippen LogP contribution in [0.3, 0.4) is 0 Å². The fourth-order valence-electron chi connectivity index (χ4n) is 4.30. The molecular formula is C19H21N5O. The number of hydrogen-bond donors (Lipinski definition) is 0. The van der Waals surface area contributed by atoms with E-state index in [0.717, 1.165) is 50.3 Å². The van der Waals surface area contributed by atoms with Crippen molar-refractivity contribution in [3.8, 4) is 6.07 Å². The Morgan fingerprint density at radius 3 is 2.52 bits per heavy atom. The molecule has 0 aromatic carbocycles. The summed E-state index contributed by atoms with van der Waals surface area (Å²) < 4.78 is 0. The average molecular weight is 335 g/mol. The van der Waals surface area contributed by atoms with E-state index < -0.39 is 5.91 Å². The molecule has 1 spiro atoms. The molecule has 1 atom stereocenters. The summed E-state index contributed by atoms with van der Waals surface area (Å²) in [6, 6.07) is 2.12. The van der Waals surface area contributed by atoms with E-state index in [1.54, 1.807) is 6.21 Å².